The van der Waals surface area contributed by atoms with Gasteiger partial charge in [0, 0.05) is 12.7 Å². The molecule has 17 heavy (non-hydrogen) atoms. The quantitative estimate of drug-likeness (QED) is 0.714. The summed E-state index contributed by atoms with van der Waals surface area (Å²) in [6.45, 7) is 5.20. The fourth-order valence-electron chi connectivity index (χ4n) is 1.62. The second-order valence-corrected chi connectivity index (χ2v) is 4.54. The molecule has 1 heterocycles. The third kappa shape index (κ3) is 4.85. The summed E-state index contributed by atoms with van der Waals surface area (Å²) in [5.41, 5.74) is 0.883. The van der Waals surface area contributed by atoms with Crippen LogP contribution in [0.5, 0.6) is 0 Å². The number of hydrogen-bond donors (Lipinski definition) is 2. The van der Waals surface area contributed by atoms with E-state index in [9.17, 15) is 4.79 Å². The van der Waals surface area contributed by atoms with E-state index >= 15 is 0 Å². The molecule has 0 bridgehead atoms. The topological polar surface area (TPSA) is 62.2 Å². The summed E-state index contributed by atoms with van der Waals surface area (Å²) in [6.07, 6.45) is 6.47. The second-order valence-electron chi connectivity index (χ2n) is 4.54. The van der Waals surface area contributed by atoms with Crippen LogP contribution in [0, 0.1) is 5.92 Å². The molecule has 1 rings (SSSR count). The van der Waals surface area contributed by atoms with Gasteiger partial charge in [-0.3, -0.25) is 4.98 Å². The Bertz CT molecular complexity index is 364. The highest BCUT2D eigenvalue weighted by atomic mass is 16.4. The van der Waals surface area contributed by atoms with Crippen molar-refractivity contribution in [1.82, 2.24) is 4.98 Å². The molecule has 4 heteroatoms. The molecule has 0 unspecified atom stereocenters. The Morgan fingerprint density at radius 1 is 1.47 bits per heavy atom. The number of nitrogens with zero attached hydrogens (tertiary/aromatic N) is 1. The number of nitrogens with one attached hydrogen (secondary N) is 1. The Morgan fingerprint density at radius 2 is 2.24 bits per heavy atom. The molecule has 0 saturated carbocycles. The highest BCUT2D eigenvalue weighted by Crippen LogP contribution is 2.13. The summed E-state index contributed by atoms with van der Waals surface area (Å²) in [5, 5.41) is 12.1. The molecule has 0 atom stereocenters. The van der Waals surface area contributed by atoms with Gasteiger partial charge in [-0.05, 0) is 18.4 Å². The van der Waals surface area contributed by atoms with Crippen LogP contribution in [0.15, 0.2) is 18.5 Å². The minimum Gasteiger partial charge on any atom is -0.478 e. The summed E-state index contributed by atoms with van der Waals surface area (Å²) in [5.74, 6) is -0.194. The third-order valence-electron chi connectivity index (χ3n) is 2.58. The first-order valence-electron chi connectivity index (χ1n) is 6.02. The minimum absolute atomic E-state index is 0.281. The van der Waals surface area contributed by atoms with E-state index in [0.717, 1.165) is 25.3 Å². The molecule has 0 aliphatic carbocycles. The summed E-state index contributed by atoms with van der Waals surface area (Å²) >= 11 is 0. The van der Waals surface area contributed by atoms with Crippen LogP contribution in [-0.2, 0) is 0 Å². The van der Waals surface area contributed by atoms with Gasteiger partial charge in [-0.15, -0.1) is 0 Å². The second kappa shape index (κ2) is 6.89. The lowest BCUT2D eigenvalue weighted by Crippen LogP contribution is -2.08. The van der Waals surface area contributed by atoms with Crippen LogP contribution in [0.4, 0.5) is 5.69 Å². The first-order valence-corrected chi connectivity index (χ1v) is 6.02. The molecule has 1 aromatic heterocycles. The van der Waals surface area contributed by atoms with Gasteiger partial charge in [0.25, 0.3) is 0 Å². The Morgan fingerprint density at radius 3 is 2.88 bits per heavy atom. The van der Waals surface area contributed by atoms with E-state index in [0.29, 0.717) is 5.69 Å². The third-order valence-corrected chi connectivity index (χ3v) is 2.58. The first kappa shape index (κ1) is 13.5. The molecule has 0 aliphatic rings. The average Bonchev–Trinajstić information content (AvgIpc) is 2.28. The zero-order chi connectivity index (χ0) is 12.7. The van der Waals surface area contributed by atoms with Gasteiger partial charge in [0.1, 0.15) is 0 Å². The van der Waals surface area contributed by atoms with E-state index in [2.05, 4.69) is 24.1 Å². The van der Waals surface area contributed by atoms with E-state index in [1.165, 1.54) is 18.7 Å². The van der Waals surface area contributed by atoms with Crippen LogP contribution >= 0.6 is 0 Å². The van der Waals surface area contributed by atoms with Gasteiger partial charge >= 0.3 is 5.97 Å². The zero-order valence-electron chi connectivity index (χ0n) is 10.4. The van der Waals surface area contributed by atoms with Crippen LogP contribution in [-0.4, -0.2) is 22.6 Å². The maximum atomic E-state index is 10.9. The molecule has 0 spiro atoms. The molecule has 0 amide bonds. The standard InChI is InChI=1S/C13H20N2O2/c1-10(2)5-3-4-7-15-12-9-14-8-6-11(12)13(16)17/h6,8-10,15H,3-5,7H2,1-2H3,(H,16,17). The molecule has 1 aromatic rings. The summed E-state index contributed by atoms with van der Waals surface area (Å²) in [4.78, 5) is 14.9. The Hall–Kier alpha value is -1.58. The number of aromatic nitrogens is 1. The lowest BCUT2D eigenvalue weighted by Gasteiger charge is -2.09. The first-order chi connectivity index (χ1) is 8.11. The number of carbonyl (C=O) groups is 1. The van der Waals surface area contributed by atoms with Crippen molar-refractivity contribution in [3.05, 3.63) is 24.0 Å². The van der Waals surface area contributed by atoms with Crippen molar-refractivity contribution in [2.75, 3.05) is 11.9 Å². The number of carboxylic acids is 1. The molecule has 94 valence electrons. The normalized spacial score (nSPS) is 10.5. The van der Waals surface area contributed by atoms with Crippen molar-refractivity contribution < 1.29 is 9.90 Å². The molecule has 2 N–H and O–H groups in total. The molecule has 0 saturated heterocycles. The fourth-order valence-corrected chi connectivity index (χ4v) is 1.62. The van der Waals surface area contributed by atoms with Crippen molar-refractivity contribution in [3.63, 3.8) is 0 Å². The van der Waals surface area contributed by atoms with Gasteiger partial charge in [0.15, 0.2) is 0 Å². The Balaban J connectivity index is 2.39. The predicted octanol–water partition coefficient (Wildman–Crippen LogP) is 3.02. The number of pyridine rings is 1. The number of aromatic carboxylic acids is 1. The number of unbranched alkanes of at least 4 members (excludes halogenated alkanes) is 1. The lowest BCUT2D eigenvalue weighted by atomic mass is 10.1. The summed E-state index contributed by atoms with van der Waals surface area (Å²) < 4.78 is 0. The van der Waals surface area contributed by atoms with Gasteiger partial charge < -0.3 is 10.4 Å². The van der Waals surface area contributed by atoms with Crippen LogP contribution < -0.4 is 5.32 Å². The molecule has 0 fully saturated rings. The van der Waals surface area contributed by atoms with E-state index < -0.39 is 5.97 Å². The van der Waals surface area contributed by atoms with Gasteiger partial charge in [0.05, 0.1) is 17.4 Å². The van der Waals surface area contributed by atoms with Crippen LogP contribution in [0.25, 0.3) is 0 Å². The van der Waals surface area contributed by atoms with Crippen LogP contribution in [0.1, 0.15) is 43.5 Å². The number of rotatable bonds is 7. The largest absolute Gasteiger partial charge is 0.478 e. The van der Waals surface area contributed by atoms with Gasteiger partial charge in [-0.2, -0.15) is 0 Å². The van der Waals surface area contributed by atoms with Crippen molar-refractivity contribution in [2.45, 2.75) is 33.1 Å². The average molecular weight is 236 g/mol. The van der Waals surface area contributed by atoms with E-state index in [-0.39, 0.29) is 5.56 Å². The highest BCUT2D eigenvalue weighted by molar-refractivity contribution is 5.93. The smallest absolute Gasteiger partial charge is 0.337 e. The van der Waals surface area contributed by atoms with Crippen molar-refractivity contribution in [2.24, 2.45) is 5.92 Å². The minimum atomic E-state index is -0.919. The number of hydrogen-bond acceptors (Lipinski definition) is 3. The van der Waals surface area contributed by atoms with E-state index in [4.69, 9.17) is 5.11 Å². The lowest BCUT2D eigenvalue weighted by molar-refractivity contribution is 0.0698. The molecule has 0 radical (unpaired) electrons. The van der Waals surface area contributed by atoms with Crippen LogP contribution in [0.2, 0.25) is 0 Å². The Kier molecular flexibility index (Phi) is 5.46. The molecule has 4 nitrogen and oxygen atoms in total. The van der Waals surface area contributed by atoms with Gasteiger partial charge in [-0.1, -0.05) is 26.7 Å². The molecule has 0 aromatic carbocycles. The number of carboxylic acid groups (broad SMARTS) is 1. The SMILES string of the molecule is CC(C)CCCCNc1cnccc1C(=O)O. The van der Waals surface area contributed by atoms with Crippen molar-refractivity contribution in [1.29, 1.82) is 0 Å². The van der Waals surface area contributed by atoms with Crippen molar-refractivity contribution in [3.8, 4) is 0 Å². The van der Waals surface area contributed by atoms with Gasteiger partial charge in [0.2, 0.25) is 0 Å². The van der Waals surface area contributed by atoms with Crippen LogP contribution in [0.3, 0.4) is 0 Å². The van der Waals surface area contributed by atoms with E-state index in [1.54, 1.807) is 6.20 Å². The molecular weight excluding hydrogens is 216 g/mol. The predicted molar refractivity (Wildman–Crippen MR) is 68.4 cm³/mol. The van der Waals surface area contributed by atoms with E-state index in [1.807, 2.05) is 0 Å². The monoisotopic (exact) mass is 236 g/mol. The number of anilines is 1. The maximum absolute atomic E-state index is 10.9. The maximum Gasteiger partial charge on any atom is 0.337 e. The van der Waals surface area contributed by atoms with Gasteiger partial charge in [-0.25, -0.2) is 4.79 Å². The molecule has 0 aliphatic heterocycles. The fraction of sp³-hybridized carbons (Fsp3) is 0.538. The summed E-state index contributed by atoms with van der Waals surface area (Å²) in [7, 11) is 0. The summed E-state index contributed by atoms with van der Waals surface area (Å²) in [6, 6.07) is 1.51. The zero-order valence-corrected chi connectivity index (χ0v) is 10.4. The Labute approximate surface area is 102 Å². The van der Waals surface area contributed by atoms with Crippen molar-refractivity contribution >= 4 is 11.7 Å². The highest BCUT2D eigenvalue weighted by Gasteiger charge is 2.08. The molecular formula is C13H20N2O2.